The van der Waals surface area contributed by atoms with Gasteiger partial charge in [0.25, 0.3) is 0 Å². The Labute approximate surface area is 112 Å². The largest absolute Gasteiger partial charge is 0.492 e. The van der Waals surface area contributed by atoms with Crippen molar-refractivity contribution in [3.05, 3.63) is 28.7 Å². The molecule has 0 amide bonds. The Hall–Kier alpha value is -0.580. The molecule has 4 heteroatoms. The van der Waals surface area contributed by atoms with E-state index in [-0.39, 0.29) is 0 Å². The first-order valence-corrected chi connectivity index (χ1v) is 6.66. The summed E-state index contributed by atoms with van der Waals surface area (Å²) >= 11 is 3.41. The molecule has 0 saturated carbocycles. The van der Waals surface area contributed by atoms with E-state index in [1.807, 2.05) is 24.3 Å². The van der Waals surface area contributed by atoms with Gasteiger partial charge in [-0.25, -0.2) is 0 Å². The average molecular weight is 302 g/mol. The van der Waals surface area contributed by atoms with Gasteiger partial charge in [-0.15, -0.1) is 0 Å². The summed E-state index contributed by atoms with van der Waals surface area (Å²) in [6.45, 7) is 4.38. The SMILES string of the molecule is CCC(COC)NCCOc1cccc(Br)c1. The molecule has 0 radical (unpaired) electrons. The first-order valence-electron chi connectivity index (χ1n) is 5.87. The summed E-state index contributed by atoms with van der Waals surface area (Å²) in [4.78, 5) is 0. The lowest BCUT2D eigenvalue weighted by atomic mass is 10.2. The average Bonchev–Trinajstić information content (AvgIpc) is 2.33. The maximum absolute atomic E-state index is 5.63. The monoisotopic (exact) mass is 301 g/mol. The fraction of sp³-hybridized carbons (Fsp3) is 0.538. The van der Waals surface area contributed by atoms with E-state index >= 15 is 0 Å². The third kappa shape index (κ3) is 6.05. The lowest BCUT2D eigenvalue weighted by molar-refractivity contribution is 0.161. The zero-order chi connectivity index (χ0) is 12.5. The van der Waals surface area contributed by atoms with Crippen LogP contribution in [-0.4, -0.2) is 32.9 Å². The Balaban J connectivity index is 2.19. The molecule has 0 heterocycles. The summed E-state index contributed by atoms with van der Waals surface area (Å²) < 4.78 is 11.8. The summed E-state index contributed by atoms with van der Waals surface area (Å²) in [7, 11) is 1.72. The lowest BCUT2D eigenvalue weighted by Crippen LogP contribution is -2.35. The molecule has 0 aliphatic heterocycles. The predicted molar refractivity (Wildman–Crippen MR) is 73.6 cm³/mol. The van der Waals surface area contributed by atoms with Crippen LogP contribution in [0.3, 0.4) is 0 Å². The molecule has 0 saturated heterocycles. The minimum atomic E-state index is 0.408. The second-order valence-electron chi connectivity index (χ2n) is 3.82. The van der Waals surface area contributed by atoms with E-state index in [1.54, 1.807) is 7.11 Å². The molecule has 1 rings (SSSR count). The fourth-order valence-corrected chi connectivity index (χ4v) is 1.89. The summed E-state index contributed by atoms with van der Waals surface area (Å²) in [5.74, 6) is 0.890. The highest BCUT2D eigenvalue weighted by molar-refractivity contribution is 9.10. The molecule has 1 N–H and O–H groups in total. The number of nitrogens with one attached hydrogen (secondary N) is 1. The van der Waals surface area contributed by atoms with Crippen LogP contribution in [0.15, 0.2) is 28.7 Å². The third-order valence-corrected chi connectivity index (χ3v) is 2.95. The minimum Gasteiger partial charge on any atom is -0.492 e. The summed E-state index contributed by atoms with van der Waals surface area (Å²) in [5, 5.41) is 3.39. The smallest absolute Gasteiger partial charge is 0.120 e. The molecular weight excluding hydrogens is 282 g/mol. The lowest BCUT2D eigenvalue weighted by Gasteiger charge is -2.16. The summed E-state index contributed by atoms with van der Waals surface area (Å²) in [5.41, 5.74) is 0. The Morgan fingerprint density at radius 1 is 1.41 bits per heavy atom. The van der Waals surface area contributed by atoms with Crippen molar-refractivity contribution in [2.24, 2.45) is 0 Å². The molecule has 1 aromatic carbocycles. The maximum Gasteiger partial charge on any atom is 0.120 e. The maximum atomic E-state index is 5.63. The number of benzene rings is 1. The molecule has 0 aliphatic rings. The number of hydrogen-bond acceptors (Lipinski definition) is 3. The van der Waals surface area contributed by atoms with Gasteiger partial charge in [0.2, 0.25) is 0 Å². The van der Waals surface area contributed by atoms with E-state index in [1.165, 1.54) is 0 Å². The first-order chi connectivity index (χ1) is 8.26. The van der Waals surface area contributed by atoms with E-state index in [9.17, 15) is 0 Å². The molecule has 0 aliphatic carbocycles. The molecular formula is C13H20BrNO2. The van der Waals surface area contributed by atoms with Gasteiger partial charge in [0, 0.05) is 24.2 Å². The number of hydrogen-bond donors (Lipinski definition) is 1. The molecule has 0 bridgehead atoms. The van der Waals surface area contributed by atoms with Gasteiger partial charge in [-0.3, -0.25) is 0 Å². The fourth-order valence-electron chi connectivity index (χ4n) is 1.51. The van der Waals surface area contributed by atoms with Crippen molar-refractivity contribution in [1.29, 1.82) is 0 Å². The molecule has 1 aromatic rings. The Kier molecular flexibility index (Phi) is 7.24. The van der Waals surface area contributed by atoms with Gasteiger partial charge in [0.1, 0.15) is 12.4 Å². The van der Waals surface area contributed by atoms with Gasteiger partial charge in [0.15, 0.2) is 0 Å². The molecule has 1 unspecified atom stereocenters. The standard InChI is InChI=1S/C13H20BrNO2/c1-3-12(10-16-2)15-7-8-17-13-6-4-5-11(14)9-13/h4-6,9,12,15H,3,7-8,10H2,1-2H3. The molecule has 0 fully saturated rings. The third-order valence-electron chi connectivity index (χ3n) is 2.46. The number of halogens is 1. The van der Waals surface area contributed by atoms with Gasteiger partial charge >= 0.3 is 0 Å². The highest BCUT2D eigenvalue weighted by Crippen LogP contribution is 2.17. The van der Waals surface area contributed by atoms with Crippen LogP contribution in [0.2, 0.25) is 0 Å². The van der Waals surface area contributed by atoms with E-state index in [2.05, 4.69) is 28.2 Å². The van der Waals surface area contributed by atoms with Crippen LogP contribution in [0.4, 0.5) is 0 Å². The minimum absolute atomic E-state index is 0.408. The quantitative estimate of drug-likeness (QED) is 0.749. The molecule has 96 valence electrons. The van der Waals surface area contributed by atoms with Crippen LogP contribution in [0.5, 0.6) is 5.75 Å². The van der Waals surface area contributed by atoms with Crippen LogP contribution in [-0.2, 0) is 4.74 Å². The number of methoxy groups -OCH3 is 1. The van der Waals surface area contributed by atoms with Gasteiger partial charge < -0.3 is 14.8 Å². The number of rotatable bonds is 8. The molecule has 3 nitrogen and oxygen atoms in total. The molecule has 17 heavy (non-hydrogen) atoms. The number of ether oxygens (including phenoxy) is 2. The topological polar surface area (TPSA) is 30.5 Å². The van der Waals surface area contributed by atoms with E-state index < -0.39 is 0 Å². The van der Waals surface area contributed by atoms with Crippen molar-refractivity contribution in [2.45, 2.75) is 19.4 Å². The van der Waals surface area contributed by atoms with Crippen LogP contribution in [0.25, 0.3) is 0 Å². The second-order valence-corrected chi connectivity index (χ2v) is 4.74. The van der Waals surface area contributed by atoms with E-state index in [4.69, 9.17) is 9.47 Å². The van der Waals surface area contributed by atoms with Crippen LogP contribution >= 0.6 is 15.9 Å². The van der Waals surface area contributed by atoms with Crippen LogP contribution in [0, 0.1) is 0 Å². The second kappa shape index (κ2) is 8.50. The van der Waals surface area contributed by atoms with E-state index in [0.717, 1.165) is 29.8 Å². The van der Waals surface area contributed by atoms with E-state index in [0.29, 0.717) is 12.6 Å². The molecule has 0 spiro atoms. The predicted octanol–water partition coefficient (Wildman–Crippen LogP) is 2.84. The molecule has 0 aromatic heterocycles. The molecule has 1 atom stereocenters. The first kappa shape index (κ1) is 14.5. The van der Waals surface area contributed by atoms with Crippen molar-refractivity contribution in [3.8, 4) is 5.75 Å². The normalized spacial score (nSPS) is 12.4. The van der Waals surface area contributed by atoms with Gasteiger partial charge in [-0.05, 0) is 24.6 Å². The van der Waals surface area contributed by atoms with Crippen molar-refractivity contribution in [1.82, 2.24) is 5.32 Å². The highest BCUT2D eigenvalue weighted by atomic mass is 79.9. The van der Waals surface area contributed by atoms with Crippen LogP contribution < -0.4 is 10.1 Å². The zero-order valence-electron chi connectivity index (χ0n) is 10.4. The zero-order valence-corrected chi connectivity index (χ0v) is 12.0. The summed E-state index contributed by atoms with van der Waals surface area (Å²) in [6, 6.07) is 8.28. The highest BCUT2D eigenvalue weighted by Gasteiger charge is 2.03. The Bertz CT molecular complexity index is 320. The summed E-state index contributed by atoms with van der Waals surface area (Å²) in [6.07, 6.45) is 1.06. The Morgan fingerprint density at radius 2 is 2.24 bits per heavy atom. The van der Waals surface area contributed by atoms with Gasteiger partial charge in [0.05, 0.1) is 6.61 Å². The van der Waals surface area contributed by atoms with Crippen molar-refractivity contribution in [3.63, 3.8) is 0 Å². The Morgan fingerprint density at radius 3 is 2.88 bits per heavy atom. The van der Waals surface area contributed by atoms with Crippen molar-refractivity contribution < 1.29 is 9.47 Å². The van der Waals surface area contributed by atoms with Gasteiger partial charge in [-0.1, -0.05) is 28.9 Å². The van der Waals surface area contributed by atoms with Crippen LogP contribution in [0.1, 0.15) is 13.3 Å². The van der Waals surface area contributed by atoms with Gasteiger partial charge in [-0.2, -0.15) is 0 Å². The van der Waals surface area contributed by atoms with Crippen molar-refractivity contribution in [2.75, 3.05) is 26.9 Å². The van der Waals surface area contributed by atoms with Crippen molar-refractivity contribution >= 4 is 15.9 Å².